The van der Waals surface area contributed by atoms with E-state index < -0.39 is 0 Å². The molecule has 0 fully saturated rings. The van der Waals surface area contributed by atoms with E-state index in [1.165, 1.54) is 0 Å². The maximum absolute atomic E-state index is 5.35. The summed E-state index contributed by atoms with van der Waals surface area (Å²) in [5.41, 5.74) is 20.8. The third kappa shape index (κ3) is 16.4. The molecule has 0 heterocycles. The quantitative estimate of drug-likeness (QED) is 0.418. The lowest BCUT2D eigenvalue weighted by molar-refractivity contribution is 0.660. The number of hydrogen-bond donors (Lipinski definition) is 4. The third-order valence-electron chi connectivity index (χ3n) is 1.49. The van der Waals surface area contributed by atoms with E-state index in [0.717, 1.165) is 32.4 Å². The van der Waals surface area contributed by atoms with Gasteiger partial charge in [-0.3, -0.25) is 0 Å². The van der Waals surface area contributed by atoms with Crippen molar-refractivity contribution in [2.24, 2.45) is 22.9 Å². The Hall–Kier alpha value is -0.160. The summed E-state index contributed by atoms with van der Waals surface area (Å²) in [6, 6.07) is 0.213. The fraction of sp³-hybridized carbons (Fsp3) is 1.00. The first kappa shape index (κ1) is 14.4. The van der Waals surface area contributed by atoms with E-state index >= 15 is 0 Å². The van der Waals surface area contributed by atoms with Gasteiger partial charge >= 0.3 is 0 Å². The van der Waals surface area contributed by atoms with E-state index in [0.29, 0.717) is 6.54 Å². The first-order chi connectivity index (χ1) is 5.72. The lowest BCUT2D eigenvalue weighted by Crippen LogP contribution is -2.28. The van der Waals surface area contributed by atoms with Crippen molar-refractivity contribution >= 4 is 0 Å². The van der Waals surface area contributed by atoms with Gasteiger partial charge in [0.05, 0.1) is 0 Å². The predicted molar refractivity (Wildman–Crippen MR) is 54.7 cm³/mol. The highest BCUT2D eigenvalue weighted by Crippen LogP contribution is 1.77. The van der Waals surface area contributed by atoms with Gasteiger partial charge in [0.1, 0.15) is 0 Å². The molecule has 76 valence electrons. The van der Waals surface area contributed by atoms with Crippen LogP contribution in [0.5, 0.6) is 0 Å². The molecule has 0 saturated heterocycles. The highest BCUT2D eigenvalue weighted by atomic mass is 14.7. The van der Waals surface area contributed by atoms with Crippen molar-refractivity contribution in [3.8, 4) is 0 Å². The molecule has 0 bridgehead atoms. The fourth-order valence-electron chi connectivity index (χ4n) is 0.455. The van der Waals surface area contributed by atoms with Crippen LogP contribution in [0.2, 0.25) is 0 Å². The molecule has 0 spiro atoms. The molecule has 0 rings (SSSR count). The van der Waals surface area contributed by atoms with Gasteiger partial charge in [0.2, 0.25) is 0 Å². The summed E-state index contributed by atoms with van der Waals surface area (Å²) in [5, 5.41) is 0. The Bertz CT molecular complexity index is 60.1. The molecule has 1 atom stereocenters. The zero-order valence-corrected chi connectivity index (χ0v) is 8.13. The van der Waals surface area contributed by atoms with Gasteiger partial charge in [-0.05, 0) is 32.4 Å². The van der Waals surface area contributed by atoms with Crippen molar-refractivity contribution in [2.45, 2.75) is 32.2 Å². The van der Waals surface area contributed by atoms with Crippen LogP contribution in [0.25, 0.3) is 0 Å². The van der Waals surface area contributed by atoms with Crippen LogP contribution in [0.15, 0.2) is 0 Å². The maximum Gasteiger partial charge on any atom is 0.0160 e. The topological polar surface area (TPSA) is 104 Å². The van der Waals surface area contributed by atoms with Crippen LogP contribution in [0.1, 0.15) is 26.2 Å². The van der Waals surface area contributed by atoms with E-state index in [4.69, 9.17) is 22.9 Å². The van der Waals surface area contributed by atoms with Crippen molar-refractivity contribution in [1.29, 1.82) is 0 Å². The lowest BCUT2D eigenvalue weighted by atomic mass is 10.2. The molecule has 8 N–H and O–H groups in total. The lowest BCUT2D eigenvalue weighted by Gasteiger charge is -1.99. The van der Waals surface area contributed by atoms with Gasteiger partial charge in [0.25, 0.3) is 0 Å². The SMILES string of the molecule is CCC(N)CN.NCCCCN. The summed E-state index contributed by atoms with van der Waals surface area (Å²) in [6.07, 6.45) is 3.11. The second-order valence-electron chi connectivity index (χ2n) is 2.69. The summed E-state index contributed by atoms with van der Waals surface area (Å²) in [6.45, 7) is 4.18. The normalized spacial score (nSPS) is 11.8. The maximum atomic E-state index is 5.35. The number of hydrogen-bond acceptors (Lipinski definition) is 4. The molecule has 0 aromatic carbocycles. The molecule has 1 unspecified atom stereocenters. The van der Waals surface area contributed by atoms with Gasteiger partial charge in [0, 0.05) is 12.6 Å². The van der Waals surface area contributed by atoms with Crippen LogP contribution in [0.3, 0.4) is 0 Å². The van der Waals surface area contributed by atoms with E-state index in [-0.39, 0.29) is 6.04 Å². The van der Waals surface area contributed by atoms with Gasteiger partial charge in [-0.1, -0.05) is 6.92 Å². The number of nitrogens with two attached hydrogens (primary N) is 4. The zero-order chi connectivity index (χ0) is 9.82. The van der Waals surface area contributed by atoms with Crippen molar-refractivity contribution in [2.75, 3.05) is 19.6 Å². The van der Waals surface area contributed by atoms with Crippen LogP contribution in [0, 0.1) is 0 Å². The molecule has 0 amide bonds. The second kappa shape index (κ2) is 13.4. The van der Waals surface area contributed by atoms with E-state index in [1.807, 2.05) is 6.92 Å². The minimum Gasteiger partial charge on any atom is -0.330 e. The average molecular weight is 176 g/mol. The van der Waals surface area contributed by atoms with Gasteiger partial charge in [0.15, 0.2) is 0 Å². The van der Waals surface area contributed by atoms with E-state index in [1.54, 1.807) is 0 Å². The zero-order valence-electron chi connectivity index (χ0n) is 8.13. The van der Waals surface area contributed by atoms with Crippen LogP contribution in [-0.4, -0.2) is 25.7 Å². The van der Waals surface area contributed by atoms with Crippen LogP contribution < -0.4 is 22.9 Å². The Balaban J connectivity index is 0. The molecule has 0 saturated carbocycles. The summed E-state index contributed by atoms with van der Waals surface area (Å²) in [7, 11) is 0. The van der Waals surface area contributed by atoms with Gasteiger partial charge in [-0.2, -0.15) is 0 Å². The molecule has 0 aliphatic rings. The monoisotopic (exact) mass is 176 g/mol. The first-order valence-electron chi connectivity index (χ1n) is 4.58. The summed E-state index contributed by atoms with van der Waals surface area (Å²) < 4.78 is 0. The predicted octanol–water partition coefficient (Wildman–Crippen LogP) is -0.634. The highest BCUT2D eigenvalue weighted by Gasteiger charge is 1.88. The van der Waals surface area contributed by atoms with Crippen molar-refractivity contribution < 1.29 is 0 Å². The molecule has 0 aromatic rings. The Kier molecular flexibility index (Phi) is 16.1. The Morgan fingerprint density at radius 3 is 1.50 bits per heavy atom. The molecular weight excluding hydrogens is 152 g/mol. The van der Waals surface area contributed by atoms with E-state index in [2.05, 4.69) is 0 Å². The molecule has 4 heteroatoms. The first-order valence-corrected chi connectivity index (χ1v) is 4.58. The Labute approximate surface area is 75.7 Å². The standard InChI is InChI=1S/2C4H12N2/c1-2-4(6)3-5;5-3-1-2-4-6/h4H,2-3,5-6H2,1H3;1-6H2. The highest BCUT2D eigenvalue weighted by molar-refractivity contribution is 4.55. The molecule has 0 aliphatic carbocycles. The summed E-state index contributed by atoms with van der Waals surface area (Å²) in [4.78, 5) is 0. The van der Waals surface area contributed by atoms with Gasteiger partial charge in [-0.25, -0.2) is 0 Å². The number of rotatable bonds is 5. The minimum atomic E-state index is 0.213. The minimum absolute atomic E-state index is 0.213. The van der Waals surface area contributed by atoms with E-state index in [9.17, 15) is 0 Å². The molecule has 0 aliphatic heterocycles. The third-order valence-corrected chi connectivity index (χ3v) is 1.49. The van der Waals surface area contributed by atoms with Gasteiger partial charge < -0.3 is 22.9 Å². The van der Waals surface area contributed by atoms with Crippen LogP contribution in [0.4, 0.5) is 0 Å². The average Bonchev–Trinajstić information content (AvgIpc) is 2.14. The van der Waals surface area contributed by atoms with Crippen LogP contribution >= 0.6 is 0 Å². The largest absolute Gasteiger partial charge is 0.330 e. The number of unbranched alkanes of at least 4 members (excludes halogenated alkanes) is 1. The van der Waals surface area contributed by atoms with Crippen molar-refractivity contribution in [1.82, 2.24) is 0 Å². The van der Waals surface area contributed by atoms with Crippen molar-refractivity contribution in [3.05, 3.63) is 0 Å². The molecular formula is C8H24N4. The smallest absolute Gasteiger partial charge is 0.0160 e. The van der Waals surface area contributed by atoms with Crippen molar-refractivity contribution in [3.63, 3.8) is 0 Å². The molecule has 0 aromatic heterocycles. The van der Waals surface area contributed by atoms with Crippen LogP contribution in [-0.2, 0) is 0 Å². The Morgan fingerprint density at radius 2 is 1.42 bits per heavy atom. The second-order valence-corrected chi connectivity index (χ2v) is 2.69. The molecule has 4 nitrogen and oxygen atoms in total. The Morgan fingerprint density at radius 1 is 1.00 bits per heavy atom. The fourth-order valence-corrected chi connectivity index (χ4v) is 0.455. The van der Waals surface area contributed by atoms with Gasteiger partial charge in [-0.15, -0.1) is 0 Å². The summed E-state index contributed by atoms with van der Waals surface area (Å²) in [5.74, 6) is 0. The molecule has 12 heavy (non-hydrogen) atoms. The molecule has 0 radical (unpaired) electrons. The summed E-state index contributed by atoms with van der Waals surface area (Å²) >= 11 is 0.